The molecule has 0 aliphatic rings. The predicted molar refractivity (Wildman–Crippen MR) is 76.8 cm³/mol. The van der Waals surface area contributed by atoms with Gasteiger partial charge in [-0.05, 0) is 50.1 Å². The lowest BCUT2D eigenvalue weighted by Crippen LogP contribution is -2.00. The van der Waals surface area contributed by atoms with Gasteiger partial charge in [0, 0.05) is 17.3 Å². The highest BCUT2D eigenvalue weighted by atomic mass is 16.5. The van der Waals surface area contributed by atoms with Gasteiger partial charge in [0.25, 0.3) is 0 Å². The number of hydrogen-bond donors (Lipinski definition) is 1. The average molecular weight is 255 g/mol. The minimum absolute atomic E-state index is 0.0456. The summed E-state index contributed by atoms with van der Waals surface area (Å²) in [5.74, 6) is 1.39. The lowest BCUT2D eigenvalue weighted by molar-refractivity contribution is 0.101. The number of aryl methyl sites for hydroxylation is 1. The predicted octanol–water partition coefficient (Wildman–Crippen LogP) is 3.88. The van der Waals surface area contributed by atoms with Crippen LogP contribution >= 0.6 is 0 Å². The third-order valence-electron chi connectivity index (χ3n) is 3.19. The number of ether oxygens (including phenoxy) is 1. The number of anilines is 1. The Morgan fingerprint density at radius 2 is 1.89 bits per heavy atom. The van der Waals surface area contributed by atoms with Gasteiger partial charge in [0.2, 0.25) is 0 Å². The van der Waals surface area contributed by atoms with E-state index < -0.39 is 0 Å². The number of hydrogen-bond acceptors (Lipinski definition) is 3. The van der Waals surface area contributed by atoms with Crippen molar-refractivity contribution in [2.24, 2.45) is 0 Å². The van der Waals surface area contributed by atoms with Crippen LogP contribution in [-0.4, -0.2) is 5.78 Å². The Morgan fingerprint density at radius 3 is 2.53 bits per heavy atom. The van der Waals surface area contributed by atoms with Crippen molar-refractivity contribution in [2.75, 3.05) is 5.73 Å². The van der Waals surface area contributed by atoms with Crippen LogP contribution in [0.25, 0.3) is 0 Å². The molecule has 0 atom stereocenters. The maximum absolute atomic E-state index is 11.3. The Kier molecular flexibility index (Phi) is 3.56. The van der Waals surface area contributed by atoms with Crippen LogP contribution in [0, 0.1) is 13.8 Å². The van der Waals surface area contributed by atoms with E-state index in [2.05, 4.69) is 0 Å². The number of carbonyl (C=O) groups excluding carboxylic acids is 1. The molecule has 2 rings (SSSR count). The van der Waals surface area contributed by atoms with Crippen LogP contribution in [0.5, 0.6) is 11.5 Å². The topological polar surface area (TPSA) is 52.3 Å². The van der Waals surface area contributed by atoms with E-state index in [0.29, 0.717) is 17.0 Å². The molecule has 2 aromatic carbocycles. The van der Waals surface area contributed by atoms with Crippen molar-refractivity contribution in [3.8, 4) is 11.5 Å². The number of carbonyl (C=O) groups is 1. The van der Waals surface area contributed by atoms with Gasteiger partial charge in [-0.3, -0.25) is 4.79 Å². The molecule has 3 nitrogen and oxygen atoms in total. The van der Waals surface area contributed by atoms with Gasteiger partial charge >= 0.3 is 0 Å². The summed E-state index contributed by atoms with van der Waals surface area (Å²) >= 11 is 0. The molecular formula is C16H17NO2. The van der Waals surface area contributed by atoms with E-state index >= 15 is 0 Å². The van der Waals surface area contributed by atoms with Crippen LogP contribution < -0.4 is 10.5 Å². The smallest absolute Gasteiger partial charge is 0.161 e. The van der Waals surface area contributed by atoms with Crippen LogP contribution in [0.3, 0.4) is 0 Å². The average Bonchev–Trinajstić information content (AvgIpc) is 2.34. The van der Waals surface area contributed by atoms with Crippen molar-refractivity contribution in [1.29, 1.82) is 0 Å². The molecule has 0 unspecified atom stereocenters. The highest BCUT2D eigenvalue weighted by Crippen LogP contribution is 2.29. The fourth-order valence-corrected chi connectivity index (χ4v) is 1.89. The molecule has 0 heterocycles. The second kappa shape index (κ2) is 5.14. The Hall–Kier alpha value is -2.29. The van der Waals surface area contributed by atoms with E-state index in [9.17, 15) is 4.79 Å². The Bertz CT molecular complexity index is 633. The van der Waals surface area contributed by atoms with Crippen LogP contribution in [0.15, 0.2) is 36.4 Å². The van der Waals surface area contributed by atoms with Crippen molar-refractivity contribution >= 4 is 11.5 Å². The summed E-state index contributed by atoms with van der Waals surface area (Å²) in [4.78, 5) is 11.3. The zero-order valence-corrected chi connectivity index (χ0v) is 11.4. The first-order chi connectivity index (χ1) is 8.99. The molecule has 0 bridgehead atoms. The van der Waals surface area contributed by atoms with Gasteiger partial charge in [-0.15, -0.1) is 0 Å². The minimum Gasteiger partial charge on any atom is -0.457 e. The molecule has 0 aliphatic heterocycles. The van der Waals surface area contributed by atoms with Crippen molar-refractivity contribution < 1.29 is 9.53 Å². The normalized spacial score (nSPS) is 10.3. The SMILES string of the molecule is CC(=O)c1ccc(Oc2cccc(C)c2C)cc1N. The largest absolute Gasteiger partial charge is 0.457 e. The van der Waals surface area contributed by atoms with Crippen LogP contribution in [-0.2, 0) is 0 Å². The number of Topliss-reactive ketones (excluding diaryl/α,β-unsaturated/α-hetero) is 1. The van der Waals surface area contributed by atoms with Crippen LogP contribution in [0.2, 0.25) is 0 Å². The third kappa shape index (κ3) is 2.76. The Labute approximate surface area is 113 Å². The van der Waals surface area contributed by atoms with E-state index in [1.807, 2.05) is 32.0 Å². The summed E-state index contributed by atoms with van der Waals surface area (Å²) in [5, 5.41) is 0. The first-order valence-corrected chi connectivity index (χ1v) is 6.13. The summed E-state index contributed by atoms with van der Waals surface area (Å²) in [5.41, 5.74) is 9.07. The minimum atomic E-state index is -0.0456. The Morgan fingerprint density at radius 1 is 1.16 bits per heavy atom. The van der Waals surface area contributed by atoms with E-state index in [-0.39, 0.29) is 5.78 Å². The molecule has 98 valence electrons. The fraction of sp³-hybridized carbons (Fsp3) is 0.188. The van der Waals surface area contributed by atoms with Gasteiger partial charge in [-0.1, -0.05) is 12.1 Å². The van der Waals surface area contributed by atoms with Gasteiger partial charge < -0.3 is 10.5 Å². The molecule has 2 aromatic rings. The molecule has 0 saturated heterocycles. The number of benzene rings is 2. The van der Waals surface area contributed by atoms with Crippen LogP contribution in [0.4, 0.5) is 5.69 Å². The van der Waals surface area contributed by atoms with Crippen molar-refractivity contribution in [3.63, 3.8) is 0 Å². The summed E-state index contributed by atoms with van der Waals surface area (Å²) in [6, 6.07) is 11.0. The highest BCUT2D eigenvalue weighted by molar-refractivity contribution is 5.99. The zero-order chi connectivity index (χ0) is 14.0. The molecule has 0 radical (unpaired) electrons. The molecule has 0 fully saturated rings. The fourth-order valence-electron chi connectivity index (χ4n) is 1.89. The molecule has 3 heteroatoms. The van der Waals surface area contributed by atoms with E-state index in [1.54, 1.807) is 18.2 Å². The summed E-state index contributed by atoms with van der Waals surface area (Å²) in [6.07, 6.45) is 0. The van der Waals surface area contributed by atoms with E-state index in [4.69, 9.17) is 10.5 Å². The number of rotatable bonds is 3. The Balaban J connectivity index is 2.32. The van der Waals surface area contributed by atoms with Crippen molar-refractivity contribution in [1.82, 2.24) is 0 Å². The number of nitrogen functional groups attached to an aromatic ring is 1. The van der Waals surface area contributed by atoms with Gasteiger partial charge in [-0.25, -0.2) is 0 Å². The molecule has 0 saturated carbocycles. The van der Waals surface area contributed by atoms with E-state index in [1.165, 1.54) is 12.5 Å². The standard InChI is InChI=1S/C16H17NO2/c1-10-5-4-6-16(11(10)2)19-13-7-8-14(12(3)18)15(17)9-13/h4-9H,17H2,1-3H3. The molecule has 0 spiro atoms. The van der Waals surface area contributed by atoms with Gasteiger partial charge in [-0.2, -0.15) is 0 Å². The maximum atomic E-state index is 11.3. The molecule has 0 aliphatic carbocycles. The summed E-state index contributed by atoms with van der Waals surface area (Å²) in [6.45, 7) is 5.55. The molecule has 2 N–H and O–H groups in total. The monoisotopic (exact) mass is 255 g/mol. The molecule has 0 aromatic heterocycles. The first-order valence-electron chi connectivity index (χ1n) is 6.13. The quantitative estimate of drug-likeness (QED) is 0.669. The number of ketones is 1. The van der Waals surface area contributed by atoms with Gasteiger partial charge in [0.1, 0.15) is 11.5 Å². The number of nitrogens with two attached hydrogens (primary N) is 1. The molecular weight excluding hydrogens is 238 g/mol. The molecule has 0 amide bonds. The second-order valence-electron chi connectivity index (χ2n) is 4.61. The van der Waals surface area contributed by atoms with Gasteiger partial charge in [0.05, 0.1) is 0 Å². The highest BCUT2D eigenvalue weighted by Gasteiger charge is 2.08. The lowest BCUT2D eigenvalue weighted by atomic mass is 10.1. The van der Waals surface area contributed by atoms with Crippen molar-refractivity contribution in [3.05, 3.63) is 53.1 Å². The maximum Gasteiger partial charge on any atom is 0.161 e. The second-order valence-corrected chi connectivity index (χ2v) is 4.61. The van der Waals surface area contributed by atoms with E-state index in [0.717, 1.165) is 11.3 Å². The van der Waals surface area contributed by atoms with Crippen molar-refractivity contribution in [2.45, 2.75) is 20.8 Å². The third-order valence-corrected chi connectivity index (χ3v) is 3.19. The van der Waals surface area contributed by atoms with Crippen LogP contribution in [0.1, 0.15) is 28.4 Å². The molecule has 19 heavy (non-hydrogen) atoms. The summed E-state index contributed by atoms with van der Waals surface area (Å²) < 4.78 is 5.81. The van der Waals surface area contributed by atoms with Gasteiger partial charge in [0.15, 0.2) is 5.78 Å². The summed E-state index contributed by atoms with van der Waals surface area (Å²) in [7, 11) is 0. The first kappa shape index (κ1) is 13.1. The lowest BCUT2D eigenvalue weighted by Gasteiger charge is -2.11. The zero-order valence-electron chi connectivity index (χ0n) is 11.4.